The lowest BCUT2D eigenvalue weighted by molar-refractivity contribution is -0.145. The normalized spacial score (nSPS) is 11.7. The van der Waals surface area contributed by atoms with Gasteiger partial charge in [0.1, 0.15) is 17.0 Å². The van der Waals surface area contributed by atoms with Gasteiger partial charge in [-0.2, -0.15) is 4.98 Å². The minimum Gasteiger partial charge on any atom is -0.504 e. The molecule has 1 aromatic heterocycles. The van der Waals surface area contributed by atoms with Crippen LogP contribution >= 0.6 is 0 Å². The molecule has 0 unspecified atom stereocenters. The number of phenolic OH excluding ortho intramolecular Hbond substituents is 1. The highest BCUT2D eigenvalue weighted by atomic mass is 16.5. The second-order valence-corrected chi connectivity index (χ2v) is 8.42. The molecule has 0 saturated heterocycles. The molecule has 0 saturated carbocycles. The number of carbonyl (C=O) groups is 1. The first-order valence-electron chi connectivity index (χ1n) is 12.1. The van der Waals surface area contributed by atoms with Crippen LogP contribution in [-0.4, -0.2) is 47.5 Å². The molecule has 194 valence electrons. The number of anilines is 1. The number of fused-ring (bicyclic) bond motifs is 1. The summed E-state index contributed by atoms with van der Waals surface area (Å²) in [5, 5.41) is 19.5. The van der Waals surface area contributed by atoms with E-state index in [-0.39, 0.29) is 5.75 Å². The minimum atomic E-state index is -0.996. The summed E-state index contributed by atoms with van der Waals surface area (Å²) in [5.41, 5.74) is 2.35. The number of para-hydroxylation sites is 2. The van der Waals surface area contributed by atoms with Crippen LogP contribution in [0.15, 0.2) is 71.1 Å². The molecule has 4 rings (SSSR count). The van der Waals surface area contributed by atoms with Crippen molar-refractivity contribution < 1.29 is 33.6 Å². The molecule has 9 heteroatoms. The fourth-order valence-corrected chi connectivity index (χ4v) is 3.83. The van der Waals surface area contributed by atoms with Crippen LogP contribution in [0.5, 0.6) is 23.0 Å². The van der Waals surface area contributed by atoms with Gasteiger partial charge in [-0.15, -0.1) is 0 Å². The predicted molar refractivity (Wildman–Crippen MR) is 139 cm³/mol. The Hall–Kier alpha value is -4.40. The molecule has 0 aliphatic rings. The summed E-state index contributed by atoms with van der Waals surface area (Å²) in [7, 11) is 1.53. The first kappa shape index (κ1) is 25.7. The number of carboxylic acids is 1. The zero-order valence-electron chi connectivity index (χ0n) is 20.8. The summed E-state index contributed by atoms with van der Waals surface area (Å²) in [6, 6.07) is 20.3. The number of rotatable bonds is 13. The van der Waals surface area contributed by atoms with Gasteiger partial charge in [0.15, 0.2) is 23.2 Å². The molecule has 0 aliphatic heterocycles. The van der Waals surface area contributed by atoms with E-state index < -0.39 is 12.1 Å². The Morgan fingerprint density at radius 3 is 2.65 bits per heavy atom. The first-order chi connectivity index (χ1) is 18.0. The highest BCUT2D eigenvalue weighted by Crippen LogP contribution is 2.30. The molecule has 0 bridgehead atoms. The van der Waals surface area contributed by atoms with Crippen molar-refractivity contribution in [3.8, 4) is 23.0 Å². The Bertz CT molecular complexity index is 1300. The minimum absolute atomic E-state index is 0.0127. The lowest BCUT2D eigenvalue weighted by Gasteiger charge is -2.21. The third-order valence-electron chi connectivity index (χ3n) is 5.75. The first-order valence-corrected chi connectivity index (χ1v) is 12.1. The summed E-state index contributed by atoms with van der Waals surface area (Å²) in [6.07, 6.45) is 0.0743. The van der Waals surface area contributed by atoms with Gasteiger partial charge >= 0.3 is 5.97 Å². The van der Waals surface area contributed by atoms with Gasteiger partial charge in [-0.1, -0.05) is 31.2 Å². The quantitative estimate of drug-likeness (QED) is 0.234. The lowest BCUT2D eigenvalue weighted by atomic mass is 10.2. The number of hydrogen-bond donors (Lipinski definition) is 2. The van der Waals surface area contributed by atoms with Crippen molar-refractivity contribution in [2.75, 3.05) is 25.2 Å². The second kappa shape index (κ2) is 12.0. The number of aliphatic carboxylic acids is 1. The molecule has 2 N–H and O–H groups in total. The number of phenols is 1. The molecule has 0 aliphatic carbocycles. The van der Waals surface area contributed by atoms with Crippen molar-refractivity contribution in [1.29, 1.82) is 0 Å². The van der Waals surface area contributed by atoms with Gasteiger partial charge in [-0.05, 0) is 54.8 Å². The third-order valence-corrected chi connectivity index (χ3v) is 5.75. The van der Waals surface area contributed by atoms with Crippen molar-refractivity contribution in [2.45, 2.75) is 32.4 Å². The number of nitrogens with zero attached hydrogens (tertiary/aromatic N) is 2. The van der Waals surface area contributed by atoms with E-state index in [4.69, 9.17) is 18.6 Å². The number of oxazole rings is 1. The van der Waals surface area contributed by atoms with Crippen molar-refractivity contribution >= 4 is 23.1 Å². The number of hydrogen-bond acceptors (Lipinski definition) is 8. The van der Waals surface area contributed by atoms with Crippen LogP contribution in [0.3, 0.4) is 0 Å². The zero-order valence-corrected chi connectivity index (χ0v) is 20.8. The fourth-order valence-electron chi connectivity index (χ4n) is 3.83. The average molecular weight is 507 g/mol. The second-order valence-electron chi connectivity index (χ2n) is 8.42. The van der Waals surface area contributed by atoms with E-state index >= 15 is 0 Å². The topological polar surface area (TPSA) is 114 Å². The van der Waals surface area contributed by atoms with Gasteiger partial charge in [-0.25, -0.2) is 4.79 Å². The van der Waals surface area contributed by atoms with Crippen molar-refractivity contribution in [3.63, 3.8) is 0 Å². The maximum absolute atomic E-state index is 11.4. The van der Waals surface area contributed by atoms with E-state index in [0.29, 0.717) is 61.4 Å². The molecule has 37 heavy (non-hydrogen) atoms. The summed E-state index contributed by atoms with van der Waals surface area (Å²) in [5.74, 6) is 0.431. The fraction of sp³-hybridized carbons (Fsp3) is 0.286. The highest BCUT2D eigenvalue weighted by Gasteiger charge is 2.18. The van der Waals surface area contributed by atoms with Crippen LogP contribution in [-0.2, 0) is 11.3 Å². The maximum Gasteiger partial charge on any atom is 0.344 e. The van der Waals surface area contributed by atoms with Crippen LogP contribution in [0.25, 0.3) is 11.1 Å². The van der Waals surface area contributed by atoms with Gasteiger partial charge in [-0.3, -0.25) is 0 Å². The zero-order chi connectivity index (χ0) is 26.2. The number of aromatic nitrogens is 1. The molecule has 0 spiro atoms. The third kappa shape index (κ3) is 6.63. The number of benzene rings is 3. The number of carboxylic acid groups (broad SMARTS) is 1. The van der Waals surface area contributed by atoms with E-state index in [0.717, 1.165) is 11.1 Å². The lowest BCUT2D eigenvalue weighted by Crippen LogP contribution is -2.27. The largest absolute Gasteiger partial charge is 0.504 e. The molecule has 0 radical (unpaired) electrons. The van der Waals surface area contributed by atoms with E-state index in [1.807, 2.05) is 47.4 Å². The molecule has 1 heterocycles. The number of aromatic hydroxyl groups is 1. The van der Waals surface area contributed by atoms with Crippen LogP contribution in [0.4, 0.5) is 6.01 Å². The molecule has 1 atom stereocenters. The molecule has 4 aromatic rings. The molecule has 3 aromatic carbocycles. The van der Waals surface area contributed by atoms with Crippen LogP contribution in [0.1, 0.15) is 25.3 Å². The maximum atomic E-state index is 11.4. The van der Waals surface area contributed by atoms with E-state index in [9.17, 15) is 15.0 Å². The summed E-state index contributed by atoms with van der Waals surface area (Å²) >= 11 is 0. The molecular weight excluding hydrogens is 476 g/mol. The SMILES string of the molecule is CC[C@@H](Oc1cccc(CN(CCCOc2ccc(OC)cc2O)c2nc3ccccc3o2)c1)C(=O)O. The summed E-state index contributed by atoms with van der Waals surface area (Å²) < 4.78 is 22.6. The predicted octanol–water partition coefficient (Wildman–Crippen LogP) is 5.26. The van der Waals surface area contributed by atoms with Crippen LogP contribution in [0, 0.1) is 0 Å². The molecule has 0 fully saturated rings. The highest BCUT2D eigenvalue weighted by molar-refractivity contribution is 5.74. The monoisotopic (exact) mass is 506 g/mol. The number of ether oxygens (including phenoxy) is 3. The Morgan fingerprint density at radius 1 is 1.08 bits per heavy atom. The van der Waals surface area contributed by atoms with Crippen molar-refractivity contribution in [2.24, 2.45) is 0 Å². The van der Waals surface area contributed by atoms with Gasteiger partial charge in [0.05, 0.1) is 13.7 Å². The Kier molecular flexibility index (Phi) is 8.35. The van der Waals surface area contributed by atoms with E-state index in [2.05, 4.69) is 4.98 Å². The molecule has 9 nitrogen and oxygen atoms in total. The molecular formula is C28H30N2O7. The Balaban J connectivity index is 1.47. The number of methoxy groups -OCH3 is 1. The van der Waals surface area contributed by atoms with Crippen LogP contribution < -0.4 is 19.1 Å². The van der Waals surface area contributed by atoms with Crippen molar-refractivity contribution in [3.05, 3.63) is 72.3 Å². The Morgan fingerprint density at radius 2 is 1.92 bits per heavy atom. The smallest absolute Gasteiger partial charge is 0.344 e. The van der Waals surface area contributed by atoms with Crippen LogP contribution in [0.2, 0.25) is 0 Å². The van der Waals surface area contributed by atoms with Gasteiger partial charge in [0, 0.05) is 19.2 Å². The summed E-state index contributed by atoms with van der Waals surface area (Å²) in [6.45, 7) is 3.14. The average Bonchev–Trinajstić information content (AvgIpc) is 3.34. The molecule has 0 amide bonds. The standard InChI is InChI=1S/C28H30N2O7/c1-3-24(27(32)33)36-21-9-6-8-19(16-21)18-30(28-29-22-10-4-5-11-25(22)37-28)14-7-15-35-26-13-12-20(34-2)17-23(26)31/h4-6,8-13,16-17,24,31H,3,7,14-15,18H2,1-2H3,(H,32,33)/t24-/m1/s1. The summed E-state index contributed by atoms with van der Waals surface area (Å²) in [4.78, 5) is 18.0. The Labute approximate surface area is 214 Å². The van der Waals surface area contributed by atoms with E-state index in [1.165, 1.54) is 13.2 Å². The van der Waals surface area contributed by atoms with Gasteiger partial charge < -0.3 is 33.7 Å². The van der Waals surface area contributed by atoms with Gasteiger partial charge in [0.2, 0.25) is 0 Å². The van der Waals surface area contributed by atoms with Gasteiger partial charge in [0.25, 0.3) is 6.01 Å². The van der Waals surface area contributed by atoms with E-state index in [1.54, 1.807) is 25.1 Å². The van der Waals surface area contributed by atoms with Crippen molar-refractivity contribution in [1.82, 2.24) is 4.98 Å².